The molecular weight excluding hydrogens is 316 g/mol. The van der Waals surface area contributed by atoms with Gasteiger partial charge in [-0.1, -0.05) is 27.7 Å². The molecule has 24 heavy (non-hydrogen) atoms. The first-order valence-corrected chi connectivity index (χ1v) is 7.93. The van der Waals surface area contributed by atoms with Crippen LogP contribution in [0.25, 0.3) is 0 Å². The molecule has 8 heteroatoms. The minimum absolute atomic E-state index is 0.0667. The molecule has 0 aromatic carbocycles. The van der Waals surface area contributed by atoms with Crippen LogP contribution in [0.4, 0.5) is 4.79 Å². The van der Waals surface area contributed by atoms with Gasteiger partial charge in [-0.25, -0.2) is 4.79 Å². The highest BCUT2D eigenvalue weighted by atomic mass is 16.7. The largest absolute Gasteiger partial charge is 0.508 e. The van der Waals surface area contributed by atoms with Crippen LogP contribution in [0, 0.1) is 11.8 Å². The van der Waals surface area contributed by atoms with Crippen LogP contribution in [0.5, 0.6) is 0 Å². The summed E-state index contributed by atoms with van der Waals surface area (Å²) in [4.78, 5) is 35.0. The Hall–Kier alpha value is -1.83. The summed E-state index contributed by atoms with van der Waals surface area (Å²) in [6.07, 6.45) is -0.832. The van der Waals surface area contributed by atoms with E-state index in [-0.39, 0.29) is 24.3 Å². The number of amides is 1. The average molecular weight is 346 g/mol. The number of carboxylic acid groups (broad SMARTS) is 1. The van der Waals surface area contributed by atoms with Gasteiger partial charge >= 0.3 is 12.1 Å². The third-order valence-electron chi connectivity index (χ3n) is 3.42. The number of nitrogens with one attached hydrogen (secondary N) is 2. The highest BCUT2D eigenvalue weighted by Gasteiger charge is 2.33. The van der Waals surface area contributed by atoms with Crippen molar-refractivity contribution >= 4 is 18.0 Å². The number of carbonyl (C=O) groups excluding carboxylic acids is 2. The minimum atomic E-state index is -1.00. The molecule has 0 spiro atoms. The molecule has 0 aliphatic carbocycles. The van der Waals surface area contributed by atoms with E-state index in [9.17, 15) is 19.5 Å². The van der Waals surface area contributed by atoms with E-state index in [1.54, 1.807) is 27.7 Å². The molecule has 0 heterocycles. The Morgan fingerprint density at radius 2 is 1.54 bits per heavy atom. The van der Waals surface area contributed by atoms with Crippen molar-refractivity contribution in [2.45, 2.75) is 59.2 Å². The second-order valence-electron chi connectivity index (χ2n) is 7.06. The maximum atomic E-state index is 12.6. The lowest BCUT2D eigenvalue weighted by atomic mass is 9.97. The van der Waals surface area contributed by atoms with Gasteiger partial charge < -0.3 is 19.9 Å². The van der Waals surface area contributed by atoms with Gasteiger partial charge in [0.25, 0.3) is 0 Å². The summed E-state index contributed by atoms with van der Waals surface area (Å²) in [6, 6.07) is -1.52. The van der Waals surface area contributed by atoms with Gasteiger partial charge in [0.05, 0.1) is 18.7 Å². The summed E-state index contributed by atoms with van der Waals surface area (Å²) in [7, 11) is 1.20. The fourth-order valence-corrected chi connectivity index (χ4v) is 2.06. The molecule has 0 aliphatic heterocycles. The van der Waals surface area contributed by atoms with Crippen LogP contribution < -0.4 is 10.6 Å². The number of carboxylic acids is 1. The van der Waals surface area contributed by atoms with E-state index in [1.165, 1.54) is 7.11 Å². The molecule has 140 valence electrons. The topological polar surface area (TPSA) is 114 Å². The number of ether oxygens (including phenoxy) is 2. The van der Waals surface area contributed by atoms with E-state index in [4.69, 9.17) is 4.74 Å². The zero-order valence-electron chi connectivity index (χ0n) is 15.5. The summed E-state index contributed by atoms with van der Waals surface area (Å²) < 4.78 is 9.25. The second-order valence-corrected chi connectivity index (χ2v) is 7.06. The molecule has 2 unspecified atom stereocenters. The van der Waals surface area contributed by atoms with Gasteiger partial charge in [0, 0.05) is 0 Å². The van der Waals surface area contributed by atoms with Crippen LogP contribution in [0.1, 0.15) is 41.5 Å². The molecular formula is C16H30N2O6. The minimum Gasteiger partial charge on any atom is -0.480 e. The van der Waals surface area contributed by atoms with Gasteiger partial charge in [-0.2, -0.15) is 0 Å². The van der Waals surface area contributed by atoms with Crippen LogP contribution in [-0.4, -0.2) is 54.5 Å². The molecule has 0 aliphatic rings. The lowest BCUT2D eigenvalue weighted by Crippen LogP contribution is -2.59. The van der Waals surface area contributed by atoms with E-state index in [1.807, 2.05) is 13.8 Å². The van der Waals surface area contributed by atoms with E-state index in [2.05, 4.69) is 15.4 Å². The predicted octanol–water partition coefficient (Wildman–Crippen LogP) is 1.39. The van der Waals surface area contributed by atoms with Crippen molar-refractivity contribution in [1.82, 2.24) is 10.6 Å². The summed E-state index contributed by atoms with van der Waals surface area (Å²) in [6.45, 7) is 10.5. The van der Waals surface area contributed by atoms with Crippen LogP contribution in [0.2, 0.25) is 0 Å². The summed E-state index contributed by atoms with van der Waals surface area (Å²) >= 11 is 0. The van der Waals surface area contributed by atoms with Crippen molar-refractivity contribution in [3.63, 3.8) is 0 Å². The number of aliphatic carboxylic acids is 1. The SMILES string of the molecule is COC(=O)OCC(C)(C)NC(=O)C(NC(C(=O)O)C(C)C)C(C)C. The van der Waals surface area contributed by atoms with Crippen molar-refractivity contribution in [2.75, 3.05) is 13.7 Å². The van der Waals surface area contributed by atoms with Crippen molar-refractivity contribution < 1.29 is 29.0 Å². The maximum absolute atomic E-state index is 12.6. The molecule has 0 aromatic heterocycles. The van der Waals surface area contributed by atoms with Crippen molar-refractivity contribution in [3.8, 4) is 0 Å². The molecule has 2 atom stereocenters. The molecule has 0 fully saturated rings. The van der Waals surface area contributed by atoms with Crippen molar-refractivity contribution in [1.29, 1.82) is 0 Å². The predicted molar refractivity (Wildman–Crippen MR) is 88.6 cm³/mol. The van der Waals surface area contributed by atoms with E-state index >= 15 is 0 Å². The molecule has 3 N–H and O–H groups in total. The zero-order valence-corrected chi connectivity index (χ0v) is 15.5. The Morgan fingerprint density at radius 1 is 1.04 bits per heavy atom. The Bertz CT molecular complexity index is 448. The normalized spacial score (nSPS) is 14.2. The third kappa shape index (κ3) is 7.63. The monoisotopic (exact) mass is 346 g/mol. The first-order chi connectivity index (χ1) is 10.9. The first-order valence-electron chi connectivity index (χ1n) is 7.93. The number of hydrogen-bond acceptors (Lipinski definition) is 6. The molecule has 0 saturated heterocycles. The van der Waals surface area contributed by atoms with Gasteiger partial charge in [0.1, 0.15) is 12.6 Å². The van der Waals surface area contributed by atoms with E-state index < -0.39 is 29.7 Å². The fraction of sp³-hybridized carbons (Fsp3) is 0.812. The van der Waals surface area contributed by atoms with Crippen LogP contribution in [0.15, 0.2) is 0 Å². The lowest BCUT2D eigenvalue weighted by molar-refractivity contribution is -0.141. The number of hydrogen-bond donors (Lipinski definition) is 3. The molecule has 0 radical (unpaired) electrons. The molecule has 0 aromatic rings. The van der Waals surface area contributed by atoms with E-state index in [0.717, 1.165) is 0 Å². The molecule has 1 amide bonds. The molecule has 0 bridgehead atoms. The average Bonchev–Trinajstić information content (AvgIpc) is 2.43. The quantitative estimate of drug-likeness (QED) is 0.540. The standard InChI is InChI=1S/C16H30N2O6/c1-9(2)11(17-12(10(3)4)14(20)21)13(19)18-16(5,6)8-24-15(22)23-7/h9-12,17H,8H2,1-7H3,(H,18,19)(H,20,21). The summed E-state index contributed by atoms with van der Waals surface area (Å²) in [5, 5.41) is 15.0. The molecule has 0 saturated carbocycles. The van der Waals surface area contributed by atoms with Gasteiger partial charge in [0.15, 0.2) is 0 Å². The Balaban J connectivity index is 4.97. The van der Waals surface area contributed by atoms with Gasteiger partial charge in [-0.05, 0) is 25.7 Å². The second kappa shape index (κ2) is 9.46. The summed E-state index contributed by atoms with van der Waals surface area (Å²) in [5.74, 6) is -1.65. The fourth-order valence-electron chi connectivity index (χ4n) is 2.06. The maximum Gasteiger partial charge on any atom is 0.508 e. The Kier molecular flexibility index (Phi) is 8.74. The third-order valence-corrected chi connectivity index (χ3v) is 3.42. The van der Waals surface area contributed by atoms with Gasteiger partial charge in [-0.3, -0.25) is 14.9 Å². The molecule has 8 nitrogen and oxygen atoms in total. The number of rotatable bonds is 9. The van der Waals surface area contributed by atoms with Gasteiger partial charge in [0.2, 0.25) is 5.91 Å². The summed E-state index contributed by atoms with van der Waals surface area (Å²) in [5.41, 5.74) is -0.823. The zero-order chi connectivity index (χ0) is 19.1. The first kappa shape index (κ1) is 22.2. The Morgan fingerprint density at radius 3 is 1.92 bits per heavy atom. The van der Waals surface area contributed by atoms with Crippen LogP contribution in [-0.2, 0) is 19.1 Å². The highest BCUT2D eigenvalue weighted by molar-refractivity contribution is 5.84. The van der Waals surface area contributed by atoms with Crippen LogP contribution >= 0.6 is 0 Å². The van der Waals surface area contributed by atoms with E-state index in [0.29, 0.717) is 0 Å². The lowest BCUT2D eigenvalue weighted by Gasteiger charge is -2.32. The van der Waals surface area contributed by atoms with Crippen LogP contribution in [0.3, 0.4) is 0 Å². The number of carbonyl (C=O) groups is 3. The van der Waals surface area contributed by atoms with Crippen molar-refractivity contribution in [3.05, 3.63) is 0 Å². The Labute approximate surface area is 143 Å². The number of methoxy groups -OCH3 is 1. The van der Waals surface area contributed by atoms with Crippen molar-refractivity contribution in [2.24, 2.45) is 11.8 Å². The smallest absolute Gasteiger partial charge is 0.480 e. The van der Waals surface area contributed by atoms with Gasteiger partial charge in [-0.15, -0.1) is 0 Å². The highest BCUT2D eigenvalue weighted by Crippen LogP contribution is 2.11. The molecule has 0 rings (SSSR count).